The van der Waals surface area contributed by atoms with Crippen LogP contribution in [0.25, 0.3) is 22.2 Å². The van der Waals surface area contributed by atoms with Crippen molar-refractivity contribution in [2.24, 2.45) is 5.92 Å². The van der Waals surface area contributed by atoms with Crippen LogP contribution in [0.5, 0.6) is 0 Å². The van der Waals surface area contributed by atoms with Crippen LogP contribution in [0, 0.1) is 5.92 Å². The van der Waals surface area contributed by atoms with Gasteiger partial charge < -0.3 is 9.84 Å². The number of nitrogens with one attached hydrogen (secondary N) is 1. The first-order valence-corrected chi connectivity index (χ1v) is 9.31. The molecule has 0 aliphatic rings. The van der Waals surface area contributed by atoms with Crippen molar-refractivity contribution in [3.05, 3.63) is 84.3 Å². The Morgan fingerprint density at radius 1 is 0.929 bits per heavy atom. The third kappa shape index (κ3) is 3.51. The second-order valence-corrected chi connectivity index (χ2v) is 7.04. The fourth-order valence-corrected chi connectivity index (χ4v) is 3.22. The quantitative estimate of drug-likeness (QED) is 0.535. The van der Waals surface area contributed by atoms with Crippen molar-refractivity contribution < 1.29 is 9.32 Å². The first kappa shape index (κ1) is 17.9. The van der Waals surface area contributed by atoms with E-state index in [-0.39, 0.29) is 17.9 Å². The molecule has 0 saturated heterocycles. The summed E-state index contributed by atoms with van der Waals surface area (Å²) < 4.78 is 5.49. The molecule has 5 heteroatoms. The van der Waals surface area contributed by atoms with E-state index in [1.807, 2.05) is 86.6 Å². The third-order valence-electron chi connectivity index (χ3n) is 4.73. The Morgan fingerprint density at radius 3 is 2.43 bits per heavy atom. The molecule has 1 atom stereocenters. The minimum absolute atomic E-state index is 0.0861. The highest BCUT2D eigenvalue weighted by atomic mass is 16.5. The van der Waals surface area contributed by atoms with Gasteiger partial charge in [0.1, 0.15) is 6.04 Å². The van der Waals surface area contributed by atoms with E-state index < -0.39 is 0 Å². The SMILES string of the molecule is CC(C)C(NC(=O)c1cccc2ccccc12)c1nc(-c2ccccc2)no1. The second kappa shape index (κ2) is 7.64. The number of rotatable bonds is 5. The van der Waals surface area contributed by atoms with Gasteiger partial charge in [-0.05, 0) is 22.8 Å². The number of amides is 1. The standard InChI is InChI=1S/C23H21N3O2/c1-15(2)20(23-25-21(26-28-23)17-10-4-3-5-11-17)24-22(27)19-14-8-12-16-9-6-7-13-18(16)19/h3-15,20H,1-2H3,(H,24,27). The summed E-state index contributed by atoms with van der Waals surface area (Å²) in [5.41, 5.74) is 1.51. The summed E-state index contributed by atoms with van der Waals surface area (Å²) in [6.45, 7) is 4.03. The molecule has 1 aromatic heterocycles. The van der Waals surface area contributed by atoms with E-state index in [4.69, 9.17) is 4.52 Å². The van der Waals surface area contributed by atoms with Gasteiger partial charge in [-0.1, -0.05) is 85.7 Å². The summed E-state index contributed by atoms with van der Waals surface area (Å²) in [6, 6.07) is 22.8. The van der Waals surface area contributed by atoms with E-state index in [1.54, 1.807) is 0 Å². The lowest BCUT2D eigenvalue weighted by molar-refractivity contribution is 0.0915. The number of benzene rings is 3. The van der Waals surface area contributed by atoms with Gasteiger partial charge in [-0.15, -0.1) is 0 Å². The van der Waals surface area contributed by atoms with Crippen LogP contribution in [0.3, 0.4) is 0 Å². The molecule has 4 rings (SSSR count). The van der Waals surface area contributed by atoms with Gasteiger partial charge in [0.2, 0.25) is 11.7 Å². The van der Waals surface area contributed by atoms with Gasteiger partial charge in [0.15, 0.2) is 0 Å². The number of aromatic nitrogens is 2. The Labute approximate surface area is 163 Å². The first-order chi connectivity index (χ1) is 13.6. The molecule has 1 N–H and O–H groups in total. The minimum atomic E-state index is -0.378. The van der Waals surface area contributed by atoms with Crippen molar-refractivity contribution >= 4 is 16.7 Å². The Kier molecular flexibility index (Phi) is 4.89. The molecule has 140 valence electrons. The number of nitrogens with zero attached hydrogens (tertiary/aromatic N) is 2. The molecule has 0 bridgehead atoms. The van der Waals surface area contributed by atoms with Gasteiger partial charge in [-0.25, -0.2) is 0 Å². The van der Waals surface area contributed by atoms with Crippen molar-refractivity contribution in [2.75, 3.05) is 0 Å². The van der Waals surface area contributed by atoms with Crippen molar-refractivity contribution in [1.82, 2.24) is 15.5 Å². The lowest BCUT2D eigenvalue weighted by Crippen LogP contribution is -2.32. The molecule has 28 heavy (non-hydrogen) atoms. The van der Waals surface area contributed by atoms with Gasteiger partial charge in [0.25, 0.3) is 5.91 Å². The minimum Gasteiger partial charge on any atom is -0.340 e. The zero-order valence-electron chi connectivity index (χ0n) is 15.8. The highest BCUT2D eigenvalue weighted by molar-refractivity contribution is 6.07. The summed E-state index contributed by atoms with van der Waals surface area (Å²) in [7, 11) is 0. The molecule has 5 nitrogen and oxygen atoms in total. The van der Waals surface area contributed by atoms with Crippen LogP contribution in [0.4, 0.5) is 0 Å². The number of fused-ring (bicyclic) bond motifs is 1. The van der Waals surface area contributed by atoms with Gasteiger partial charge in [-0.3, -0.25) is 4.79 Å². The molecule has 4 aromatic rings. The Morgan fingerprint density at radius 2 is 1.64 bits per heavy atom. The van der Waals surface area contributed by atoms with Gasteiger partial charge in [0.05, 0.1) is 0 Å². The summed E-state index contributed by atoms with van der Waals surface area (Å²) in [6.07, 6.45) is 0. The molecule has 1 heterocycles. The summed E-state index contributed by atoms with van der Waals surface area (Å²) in [5.74, 6) is 0.848. The number of hydrogen-bond donors (Lipinski definition) is 1. The number of carbonyl (C=O) groups excluding carboxylic acids is 1. The predicted octanol–water partition coefficient (Wildman–Crippen LogP) is 5.02. The zero-order valence-corrected chi connectivity index (χ0v) is 15.8. The third-order valence-corrected chi connectivity index (χ3v) is 4.73. The van der Waals surface area contributed by atoms with Crippen LogP contribution in [0.2, 0.25) is 0 Å². The van der Waals surface area contributed by atoms with E-state index in [1.165, 1.54) is 0 Å². The van der Waals surface area contributed by atoms with E-state index in [0.29, 0.717) is 17.3 Å². The highest BCUT2D eigenvalue weighted by Gasteiger charge is 2.26. The van der Waals surface area contributed by atoms with Crippen molar-refractivity contribution in [2.45, 2.75) is 19.9 Å². The van der Waals surface area contributed by atoms with E-state index in [2.05, 4.69) is 15.5 Å². The predicted molar refractivity (Wildman–Crippen MR) is 109 cm³/mol. The van der Waals surface area contributed by atoms with Crippen LogP contribution < -0.4 is 5.32 Å². The Hall–Kier alpha value is -3.47. The number of carbonyl (C=O) groups is 1. The molecule has 0 aliphatic carbocycles. The largest absolute Gasteiger partial charge is 0.340 e. The highest BCUT2D eigenvalue weighted by Crippen LogP contribution is 2.25. The normalized spacial score (nSPS) is 12.2. The van der Waals surface area contributed by atoms with Gasteiger partial charge >= 0.3 is 0 Å². The maximum absolute atomic E-state index is 13.0. The van der Waals surface area contributed by atoms with Crippen LogP contribution in [-0.4, -0.2) is 16.0 Å². The first-order valence-electron chi connectivity index (χ1n) is 9.31. The average Bonchev–Trinajstić information content (AvgIpc) is 3.21. The van der Waals surface area contributed by atoms with Crippen LogP contribution in [0.15, 0.2) is 77.3 Å². The molecule has 1 unspecified atom stereocenters. The number of hydrogen-bond acceptors (Lipinski definition) is 4. The fraction of sp³-hybridized carbons (Fsp3) is 0.174. The van der Waals surface area contributed by atoms with Crippen molar-refractivity contribution in [1.29, 1.82) is 0 Å². The van der Waals surface area contributed by atoms with Gasteiger partial charge in [0, 0.05) is 11.1 Å². The van der Waals surface area contributed by atoms with E-state index in [0.717, 1.165) is 16.3 Å². The van der Waals surface area contributed by atoms with E-state index >= 15 is 0 Å². The molecule has 0 fully saturated rings. The summed E-state index contributed by atoms with van der Waals surface area (Å²) in [5, 5.41) is 9.10. The molecule has 1 amide bonds. The Bertz CT molecular complexity index is 1100. The maximum Gasteiger partial charge on any atom is 0.252 e. The molecular weight excluding hydrogens is 350 g/mol. The van der Waals surface area contributed by atoms with Crippen LogP contribution >= 0.6 is 0 Å². The molecule has 0 spiro atoms. The molecule has 0 radical (unpaired) electrons. The average molecular weight is 371 g/mol. The van der Waals surface area contributed by atoms with Gasteiger partial charge in [-0.2, -0.15) is 4.98 Å². The summed E-state index contributed by atoms with van der Waals surface area (Å²) in [4.78, 5) is 17.5. The summed E-state index contributed by atoms with van der Waals surface area (Å²) >= 11 is 0. The second-order valence-electron chi connectivity index (χ2n) is 7.04. The Balaban J connectivity index is 1.62. The molecule has 0 saturated carbocycles. The van der Waals surface area contributed by atoms with Crippen molar-refractivity contribution in [3.63, 3.8) is 0 Å². The monoisotopic (exact) mass is 371 g/mol. The topological polar surface area (TPSA) is 68.0 Å². The van der Waals surface area contributed by atoms with Crippen LogP contribution in [0.1, 0.15) is 36.1 Å². The zero-order chi connectivity index (χ0) is 19.5. The lowest BCUT2D eigenvalue weighted by atomic mass is 10.0. The maximum atomic E-state index is 13.0. The van der Waals surface area contributed by atoms with Crippen molar-refractivity contribution in [3.8, 4) is 11.4 Å². The van der Waals surface area contributed by atoms with Crippen LogP contribution in [-0.2, 0) is 0 Å². The van der Waals surface area contributed by atoms with E-state index in [9.17, 15) is 4.79 Å². The molecule has 0 aliphatic heterocycles. The smallest absolute Gasteiger partial charge is 0.252 e. The molecule has 3 aromatic carbocycles. The lowest BCUT2D eigenvalue weighted by Gasteiger charge is -2.19. The fourth-order valence-electron chi connectivity index (χ4n) is 3.22. The molecular formula is C23H21N3O2.